The van der Waals surface area contributed by atoms with Gasteiger partial charge in [-0.15, -0.1) is 0 Å². The maximum atomic E-state index is 12.5. The SMILES string of the molecule is COc1ccc(C2C(C(=O)N[C@H](C)C(=O)O)CCC(=O)N2C)cc1. The zero-order chi connectivity index (χ0) is 17.9. The van der Waals surface area contributed by atoms with Gasteiger partial charge in [-0.1, -0.05) is 12.1 Å². The minimum Gasteiger partial charge on any atom is -0.497 e. The number of carbonyl (C=O) groups excluding carboxylic acids is 2. The van der Waals surface area contributed by atoms with E-state index >= 15 is 0 Å². The Morgan fingerprint density at radius 2 is 1.96 bits per heavy atom. The number of hydrogen-bond acceptors (Lipinski definition) is 4. The molecule has 0 spiro atoms. The number of carbonyl (C=O) groups is 3. The van der Waals surface area contributed by atoms with Crippen LogP contribution in [0.15, 0.2) is 24.3 Å². The highest BCUT2D eigenvalue weighted by Crippen LogP contribution is 2.36. The van der Waals surface area contributed by atoms with E-state index in [2.05, 4.69) is 5.32 Å². The first kappa shape index (κ1) is 17.8. The predicted octanol–water partition coefficient (Wildman–Crippen LogP) is 1.19. The normalized spacial score (nSPS) is 22.0. The minimum atomic E-state index is -1.09. The van der Waals surface area contributed by atoms with Crippen molar-refractivity contribution < 1.29 is 24.2 Å². The Kier molecular flexibility index (Phi) is 5.43. The predicted molar refractivity (Wildman–Crippen MR) is 86.5 cm³/mol. The number of hydrogen-bond donors (Lipinski definition) is 2. The van der Waals surface area contributed by atoms with Gasteiger partial charge in [-0.05, 0) is 31.0 Å². The Bertz CT molecular complexity index is 628. The van der Waals surface area contributed by atoms with Gasteiger partial charge in [-0.25, -0.2) is 0 Å². The summed E-state index contributed by atoms with van der Waals surface area (Å²) in [5.41, 5.74) is 0.814. The topological polar surface area (TPSA) is 95.9 Å². The van der Waals surface area contributed by atoms with Crippen LogP contribution in [0.25, 0.3) is 0 Å². The summed E-state index contributed by atoms with van der Waals surface area (Å²) in [4.78, 5) is 37.1. The average molecular weight is 334 g/mol. The van der Waals surface area contributed by atoms with Gasteiger partial charge in [-0.2, -0.15) is 0 Å². The van der Waals surface area contributed by atoms with Crippen molar-refractivity contribution in [3.05, 3.63) is 29.8 Å². The number of aliphatic carboxylic acids is 1. The summed E-state index contributed by atoms with van der Waals surface area (Å²) in [6.07, 6.45) is 0.654. The number of ether oxygens (including phenoxy) is 1. The second-order valence-electron chi connectivity index (χ2n) is 5.94. The first-order valence-electron chi connectivity index (χ1n) is 7.78. The lowest BCUT2D eigenvalue weighted by atomic mass is 9.84. The molecule has 1 saturated heterocycles. The highest BCUT2D eigenvalue weighted by atomic mass is 16.5. The van der Waals surface area contributed by atoms with Gasteiger partial charge in [0.15, 0.2) is 0 Å². The molecule has 2 rings (SSSR count). The van der Waals surface area contributed by atoms with E-state index in [1.807, 2.05) is 12.1 Å². The van der Waals surface area contributed by atoms with E-state index in [9.17, 15) is 14.4 Å². The molecule has 2 N–H and O–H groups in total. The largest absolute Gasteiger partial charge is 0.497 e. The molecule has 1 heterocycles. The summed E-state index contributed by atoms with van der Waals surface area (Å²) in [7, 11) is 3.23. The van der Waals surface area contributed by atoms with Gasteiger partial charge in [0.1, 0.15) is 11.8 Å². The third-order valence-electron chi connectivity index (χ3n) is 4.38. The first-order valence-corrected chi connectivity index (χ1v) is 7.78. The van der Waals surface area contributed by atoms with Crippen molar-refractivity contribution in [1.29, 1.82) is 0 Å². The molecule has 0 aromatic heterocycles. The molecule has 130 valence electrons. The van der Waals surface area contributed by atoms with Crippen LogP contribution in [0, 0.1) is 5.92 Å². The summed E-state index contributed by atoms with van der Waals surface area (Å²) >= 11 is 0. The molecule has 0 radical (unpaired) electrons. The molecule has 1 aliphatic rings. The number of nitrogens with zero attached hydrogens (tertiary/aromatic N) is 1. The fraction of sp³-hybridized carbons (Fsp3) is 0.471. The van der Waals surface area contributed by atoms with Crippen molar-refractivity contribution in [1.82, 2.24) is 10.2 Å². The van der Waals surface area contributed by atoms with Crippen LogP contribution in [-0.4, -0.2) is 48.0 Å². The Morgan fingerprint density at radius 1 is 1.33 bits per heavy atom. The summed E-state index contributed by atoms with van der Waals surface area (Å²) in [6, 6.07) is 5.78. The van der Waals surface area contributed by atoms with E-state index < -0.39 is 24.0 Å². The third kappa shape index (κ3) is 3.67. The number of benzene rings is 1. The van der Waals surface area contributed by atoms with E-state index in [1.165, 1.54) is 6.92 Å². The zero-order valence-corrected chi connectivity index (χ0v) is 14.0. The summed E-state index contributed by atoms with van der Waals surface area (Å²) in [5, 5.41) is 11.5. The molecule has 1 fully saturated rings. The van der Waals surface area contributed by atoms with Crippen LogP contribution in [0.2, 0.25) is 0 Å². The number of rotatable bonds is 5. The molecule has 24 heavy (non-hydrogen) atoms. The highest BCUT2D eigenvalue weighted by Gasteiger charge is 2.39. The maximum absolute atomic E-state index is 12.5. The first-order chi connectivity index (χ1) is 11.3. The second-order valence-corrected chi connectivity index (χ2v) is 5.94. The maximum Gasteiger partial charge on any atom is 0.325 e. The smallest absolute Gasteiger partial charge is 0.325 e. The van der Waals surface area contributed by atoms with Gasteiger partial charge >= 0.3 is 5.97 Å². The van der Waals surface area contributed by atoms with Gasteiger partial charge < -0.3 is 20.1 Å². The lowest BCUT2D eigenvalue weighted by molar-refractivity contribution is -0.146. The Labute approximate surface area is 140 Å². The molecule has 1 aromatic carbocycles. The number of carboxylic acid groups (broad SMARTS) is 1. The number of piperidine rings is 1. The monoisotopic (exact) mass is 334 g/mol. The number of amides is 2. The summed E-state index contributed by atoms with van der Waals surface area (Å²) < 4.78 is 5.13. The number of nitrogens with one attached hydrogen (secondary N) is 1. The fourth-order valence-corrected chi connectivity index (χ4v) is 2.95. The fourth-order valence-electron chi connectivity index (χ4n) is 2.95. The van der Waals surface area contributed by atoms with Gasteiger partial charge in [-0.3, -0.25) is 14.4 Å². The molecule has 2 amide bonds. The number of likely N-dealkylation sites (tertiary alicyclic amines) is 1. The number of methoxy groups -OCH3 is 1. The lowest BCUT2D eigenvalue weighted by Gasteiger charge is -2.38. The molecule has 0 bridgehead atoms. The summed E-state index contributed by atoms with van der Waals surface area (Å²) in [6.45, 7) is 1.42. The molecule has 2 unspecified atom stereocenters. The Balaban J connectivity index is 2.28. The van der Waals surface area contributed by atoms with Crippen molar-refractivity contribution in [2.75, 3.05) is 14.2 Å². The molecule has 0 aliphatic carbocycles. The molecular formula is C17H22N2O5. The second kappa shape index (κ2) is 7.33. The summed E-state index contributed by atoms with van der Waals surface area (Å²) in [5.74, 6) is -1.30. The van der Waals surface area contributed by atoms with Crippen LogP contribution in [0.1, 0.15) is 31.4 Å². The molecule has 1 aliphatic heterocycles. The molecule has 1 aromatic rings. The number of carboxylic acids is 1. The van der Waals surface area contributed by atoms with E-state index in [-0.39, 0.29) is 18.2 Å². The average Bonchev–Trinajstić information content (AvgIpc) is 2.57. The highest BCUT2D eigenvalue weighted by molar-refractivity contribution is 5.87. The van der Waals surface area contributed by atoms with E-state index in [4.69, 9.17) is 9.84 Å². The van der Waals surface area contributed by atoms with Crippen molar-refractivity contribution >= 4 is 17.8 Å². The van der Waals surface area contributed by atoms with Gasteiger partial charge in [0.05, 0.1) is 19.1 Å². The van der Waals surface area contributed by atoms with Crippen LogP contribution >= 0.6 is 0 Å². The van der Waals surface area contributed by atoms with Gasteiger partial charge in [0, 0.05) is 13.5 Å². The van der Waals surface area contributed by atoms with Gasteiger partial charge in [0.25, 0.3) is 0 Å². The van der Waals surface area contributed by atoms with Crippen LogP contribution in [-0.2, 0) is 14.4 Å². The van der Waals surface area contributed by atoms with E-state index in [1.54, 1.807) is 31.2 Å². The molecule has 7 nitrogen and oxygen atoms in total. The van der Waals surface area contributed by atoms with Crippen LogP contribution in [0.3, 0.4) is 0 Å². The quantitative estimate of drug-likeness (QED) is 0.843. The molecule has 0 saturated carbocycles. The molecule has 3 atom stereocenters. The van der Waals surface area contributed by atoms with Crippen LogP contribution in [0.4, 0.5) is 0 Å². The third-order valence-corrected chi connectivity index (χ3v) is 4.38. The molecular weight excluding hydrogens is 312 g/mol. The van der Waals surface area contributed by atoms with Crippen molar-refractivity contribution in [3.63, 3.8) is 0 Å². The minimum absolute atomic E-state index is 0.0360. The Morgan fingerprint density at radius 3 is 2.50 bits per heavy atom. The lowest BCUT2D eigenvalue weighted by Crippen LogP contribution is -2.49. The van der Waals surface area contributed by atoms with Crippen molar-refractivity contribution in [3.8, 4) is 5.75 Å². The standard InChI is InChI=1S/C17H22N2O5/c1-10(17(22)23)18-16(21)13-8-9-14(20)19(2)15(13)11-4-6-12(24-3)7-5-11/h4-7,10,13,15H,8-9H2,1-3H3,(H,18,21)(H,22,23)/t10-,13?,15?/m1/s1. The molecule has 7 heteroatoms. The van der Waals surface area contributed by atoms with Crippen molar-refractivity contribution in [2.24, 2.45) is 5.92 Å². The van der Waals surface area contributed by atoms with Crippen LogP contribution < -0.4 is 10.1 Å². The van der Waals surface area contributed by atoms with E-state index in [0.29, 0.717) is 12.2 Å². The van der Waals surface area contributed by atoms with Crippen molar-refractivity contribution in [2.45, 2.75) is 31.8 Å². The Hall–Kier alpha value is -2.57. The zero-order valence-electron chi connectivity index (χ0n) is 14.0. The van der Waals surface area contributed by atoms with E-state index in [0.717, 1.165) is 5.56 Å². The van der Waals surface area contributed by atoms with Crippen LogP contribution in [0.5, 0.6) is 5.75 Å². The van der Waals surface area contributed by atoms with Gasteiger partial charge in [0.2, 0.25) is 11.8 Å².